The Hall–Kier alpha value is -2.92. The molecule has 0 saturated carbocycles. The van der Waals surface area contributed by atoms with Gasteiger partial charge in [0.15, 0.2) is 6.10 Å². The number of esters is 2. The average Bonchev–Trinajstić information content (AvgIpc) is 3.32. The molecule has 1 atom stereocenters. The Balaban J connectivity index is 4.26. The molecule has 0 radical (unpaired) electrons. The van der Waals surface area contributed by atoms with Crippen molar-refractivity contribution in [3.63, 3.8) is 0 Å². The third-order valence-electron chi connectivity index (χ3n) is 11.9. The minimum Gasteiger partial charge on any atom is -0.462 e. The predicted molar refractivity (Wildman–Crippen MR) is 288 cm³/mol. The van der Waals surface area contributed by atoms with E-state index >= 15 is 0 Å². The van der Waals surface area contributed by atoms with E-state index in [-0.39, 0.29) is 25.2 Å². The maximum atomic E-state index is 12.8. The molecule has 0 saturated heterocycles. The Morgan fingerprint density at radius 3 is 1.12 bits per heavy atom. The van der Waals surface area contributed by atoms with Crippen LogP contribution in [-0.2, 0) is 23.8 Å². The highest BCUT2D eigenvalue weighted by atomic mass is 16.6. The third kappa shape index (κ3) is 53.7. The molecule has 0 aliphatic rings. The van der Waals surface area contributed by atoms with Crippen molar-refractivity contribution in [2.24, 2.45) is 0 Å². The van der Waals surface area contributed by atoms with E-state index in [1.54, 1.807) is 0 Å². The van der Waals surface area contributed by atoms with Crippen molar-refractivity contribution >= 4 is 11.9 Å². The van der Waals surface area contributed by atoms with Gasteiger partial charge in [0, 0.05) is 19.4 Å². The maximum absolute atomic E-state index is 12.8. The smallest absolute Gasteiger partial charge is 0.306 e. The molecule has 0 heterocycles. The highest BCUT2D eigenvalue weighted by Gasteiger charge is 2.17. The summed E-state index contributed by atoms with van der Waals surface area (Å²) in [5, 5.41) is 0. The van der Waals surface area contributed by atoms with E-state index in [9.17, 15) is 9.59 Å². The molecule has 0 aliphatic carbocycles. The van der Waals surface area contributed by atoms with Crippen molar-refractivity contribution in [3.05, 3.63) is 85.1 Å². The first kappa shape index (κ1) is 63.1. The van der Waals surface area contributed by atoms with Crippen molar-refractivity contribution in [2.45, 2.75) is 271 Å². The second kappa shape index (κ2) is 56.4. The van der Waals surface area contributed by atoms with Gasteiger partial charge >= 0.3 is 11.9 Å². The quantitative estimate of drug-likeness (QED) is 0.0346. The normalized spacial score (nSPS) is 12.8. The molecule has 0 aliphatic heterocycles. The van der Waals surface area contributed by atoms with Crippen molar-refractivity contribution in [1.29, 1.82) is 0 Å². The van der Waals surface area contributed by atoms with Crippen LogP contribution in [0.1, 0.15) is 265 Å². The van der Waals surface area contributed by atoms with Crippen LogP contribution in [0.4, 0.5) is 0 Å². The first-order valence-corrected chi connectivity index (χ1v) is 28.1. The summed E-state index contributed by atoms with van der Waals surface area (Å²) >= 11 is 0. The fourth-order valence-corrected chi connectivity index (χ4v) is 7.74. The van der Waals surface area contributed by atoms with Gasteiger partial charge in [-0.15, -0.1) is 0 Å². The highest BCUT2D eigenvalue weighted by molar-refractivity contribution is 5.70. The van der Waals surface area contributed by atoms with Crippen molar-refractivity contribution in [3.8, 4) is 0 Å². The zero-order valence-corrected chi connectivity index (χ0v) is 43.7. The van der Waals surface area contributed by atoms with Gasteiger partial charge < -0.3 is 14.2 Å². The molecule has 0 bridgehead atoms. The number of allylic oxidation sites excluding steroid dienone is 14. The summed E-state index contributed by atoms with van der Waals surface area (Å²) in [6, 6.07) is 0. The van der Waals surface area contributed by atoms with Gasteiger partial charge in [-0.2, -0.15) is 0 Å². The fourth-order valence-electron chi connectivity index (χ4n) is 7.74. The van der Waals surface area contributed by atoms with Crippen LogP contribution in [0.5, 0.6) is 0 Å². The van der Waals surface area contributed by atoms with Crippen LogP contribution in [0.15, 0.2) is 85.1 Å². The number of carbonyl (C=O) groups excluding carboxylic acids is 2. The van der Waals surface area contributed by atoms with E-state index in [4.69, 9.17) is 14.2 Å². The summed E-state index contributed by atoms with van der Waals surface area (Å²) in [6.45, 7) is 7.67. The second-order valence-corrected chi connectivity index (χ2v) is 18.5. The predicted octanol–water partition coefficient (Wildman–Crippen LogP) is 19.2. The Morgan fingerprint density at radius 2 is 0.682 bits per heavy atom. The van der Waals surface area contributed by atoms with E-state index in [1.165, 1.54) is 141 Å². The van der Waals surface area contributed by atoms with Gasteiger partial charge in [0.2, 0.25) is 0 Å². The number of rotatable bonds is 51. The molecule has 0 aromatic heterocycles. The van der Waals surface area contributed by atoms with Crippen LogP contribution in [0.2, 0.25) is 0 Å². The molecule has 0 aromatic rings. The van der Waals surface area contributed by atoms with Crippen LogP contribution in [0.25, 0.3) is 0 Å². The van der Waals surface area contributed by atoms with Crippen molar-refractivity contribution in [2.75, 3.05) is 19.8 Å². The van der Waals surface area contributed by atoms with E-state index in [0.717, 1.165) is 89.9 Å². The number of carbonyl (C=O) groups is 2. The monoisotopic (exact) mass is 919 g/mol. The van der Waals surface area contributed by atoms with E-state index in [0.29, 0.717) is 19.4 Å². The highest BCUT2D eigenvalue weighted by Crippen LogP contribution is 2.15. The topological polar surface area (TPSA) is 61.8 Å². The van der Waals surface area contributed by atoms with E-state index < -0.39 is 6.10 Å². The zero-order valence-electron chi connectivity index (χ0n) is 43.7. The van der Waals surface area contributed by atoms with Gasteiger partial charge in [-0.1, -0.05) is 241 Å². The van der Waals surface area contributed by atoms with Gasteiger partial charge in [0.1, 0.15) is 6.61 Å². The molecule has 0 amide bonds. The van der Waals surface area contributed by atoms with Crippen molar-refractivity contribution < 1.29 is 23.8 Å². The van der Waals surface area contributed by atoms with E-state index in [1.807, 2.05) is 0 Å². The minimum atomic E-state index is -0.549. The zero-order chi connectivity index (χ0) is 47.7. The summed E-state index contributed by atoms with van der Waals surface area (Å²) in [6.07, 6.45) is 74.5. The lowest BCUT2D eigenvalue weighted by atomic mass is 10.1. The lowest BCUT2D eigenvalue weighted by Gasteiger charge is -2.18. The average molecular weight is 920 g/mol. The minimum absolute atomic E-state index is 0.0723. The molecule has 5 heteroatoms. The number of hydrogen-bond acceptors (Lipinski definition) is 5. The summed E-state index contributed by atoms with van der Waals surface area (Å²) in [5.74, 6) is -0.415. The molecule has 380 valence electrons. The first-order valence-electron chi connectivity index (χ1n) is 28.1. The number of unbranched alkanes of at least 4 members (excludes halogenated alkanes) is 26. The van der Waals surface area contributed by atoms with Gasteiger partial charge in [-0.05, 0) is 96.3 Å². The summed E-state index contributed by atoms with van der Waals surface area (Å²) in [5.41, 5.74) is 0. The Kier molecular flexibility index (Phi) is 53.9. The fraction of sp³-hybridized carbons (Fsp3) is 0.738. The number of hydrogen-bond donors (Lipinski definition) is 0. The lowest BCUT2D eigenvalue weighted by molar-refractivity contribution is -0.163. The Bertz CT molecular complexity index is 1220. The third-order valence-corrected chi connectivity index (χ3v) is 11.9. The second-order valence-electron chi connectivity index (χ2n) is 18.5. The summed E-state index contributed by atoms with van der Waals surface area (Å²) in [4.78, 5) is 25.4. The van der Waals surface area contributed by atoms with Crippen LogP contribution < -0.4 is 0 Å². The molecule has 0 aromatic carbocycles. The maximum Gasteiger partial charge on any atom is 0.306 e. The summed E-state index contributed by atoms with van der Waals surface area (Å²) < 4.78 is 17.4. The molecule has 0 spiro atoms. The largest absolute Gasteiger partial charge is 0.462 e. The molecule has 66 heavy (non-hydrogen) atoms. The molecular formula is C61H106O5. The number of ether oxygens (including phenoxy) is 3. The standard InChI is InChI=1S/C61H106O5/c1-4-7-10-13-16-19-22-24-26-28-30-32-34-36-38-41-44-47-50-53-56-64-57-59(66-61(63)55-52-49-46-43-39-21-18-15-12-9-6-3)58-65-60(62)54-51-48-45-42-40-37-35-33-31-29-27-25-23-20-17-14-11-8-5-2/h8,11,16-17,19-20,24-27,30-33,59H,4-7,9-10,12-15,18,21-23,28-29,34-58H2,1-3H3/b11-8-,19-16-,20-17-,26-24-,27-25-,32-30-,33-31-. The molecular weight excluding hydrogens is 813 g/mol. The van der Waals surface area contributed by atoms with Crippen molar-refractivity contribution in [1.82, 2.24) is 0 Å². The molecule has 0 fully saturated rings. The molecule has 5 nitrogen and oxygen atoms in total. The SMILES string of the molecule is CC/C=C\C/C=C\C/C=C\C/C=C\CCCCCCCCC(=O)OCC(COCCCCCCCCC/C=C\C/C=C\C/C=C\CCCCC)OC(=O)CCCCCCCCCCCCC. The van der Waals surface area contributed by atoms with Gasteiger partial charge in [-0.25, -0.2) is 0 Å². The summed E-state index contributed by atoms with van der Waals surface area (Å²) in [7, 11) is 0. The van der Waals surface area contributed by atoms with Crippen LogP contribution in [-0.4, -0.2) is 37.9 Å². The molecule has 0 rings (SSSR count). The van der Waals surface area contributed by atoms with Crippen LogP contribution in [0.3, 0.4) is 0 Å². The lowest BCUT2D eigenvalue weighted by Crippen LogP contribution is -2.30. The van der Waals surface area contributed by atoms with Crippen LogP contribution in [0, 0.1) is 0 Å². The Morgan fingerprint density at radius 1 is 0.348 bits per heavy atom. The van der Waals surface area contributed by atoms with Gasteiger partial charge in [-0.3, -0.25) is 9.59 Å². The van der Waals surface area contributed by atoms with Gasteiger partial charge in [0.25, 0.3) is 0 Å². The molecule has 0 N–H and O–H groups in total. The van der Waals surface area contributed by atoms with E-state index in [2.05, 4.69) is 106 Å². The van der Waals surface area contributed by atoms with Gasteiger partial charge in [0.05, 0.1) is 6.61 Å². The van der Waals surface area contributed by atoms with Crippen LogP contribution >= 0.6 is 0 Å². The molecule has 1 unspecified atom stereocenters. The Labute approximate surface area is 409 Å². The first-order chi connectivity index (χ1) is 32.6.